The van der Waals surface area contributed by atoms with Crippen molar-refractivity contribution in [1.82, 2.24) is 10.3 Å². The van der Waals surface area contributed by atoms with E-state index in [1.54, 1.807) is 0 Å². The molecule has 28 heavy (non-hydrogen) atoms. The van der Waals surface area contributed by atoms with Crippen LogP contribution in [0.2, 0.25) is 0 Å². The molecule has 5 nitrogen and oxygen atoms in total. The molecular weight excluding hydrogens is 352 g/mol. The number of aryl methyl sites for hydroxylation is 1. The fourth-order valence-corrected chi connectivity index (χ4v) is 3.70. The summed E-state index contributed by atoms with van der Waals surface area (Å²) in [6.45, 7) is 1.94. The fraction of sp³-hybridized carbons (Fsp3) is 0.304. The van der Waals surface area contributed by atoms with Gasteiger partial charge in [-0.3, -0.25) is 9.78 Å². The van der Waals surface area contributed by atoms with Gasteiger partial charge in [0.1, 0.15) is 5.75 Å². The quantitative estimate of drug-likeness (QED) is 0.690. The molecule has 1 atom stereocenters. The van der Waals surface area contributed by atoms with E-state index in [4.69, 9.17) is 4.74 Å². The van der Waals surface area contributed by atoms with Crippen molar-refractivity contribution in [2.24, 2.45) is 5.92 Å². The van der Waals surface area contributed by atoms with Crippen molar-refractivity contribution in [1.29, 1.82) is 0 Å². The van der Waals surface area contributed by atoms with Crippen molar-refractivity contribution in [2.75, 3.05) is 6.61 Å². The molecule has 0 aliphatic heterocycles. The van der Waals surface area contributed by atoms with Gasteiger partial charge in [-0.2, -0.15) is 0 Å². The molecule has 1 aliphatic carbocycles. The summed E-state index contributed by atoms with van der Waals surface area (Å²) < 4.78 is 5.63. The van der Waals surface area contributed by atoms with E-state index in [1.165, 1.54) is 0 Å². The van der Waals surface area contributed by atoms with Crippen LogP contribution in [0.25, 0.3) is 10.9 Å². The summed E-state index contributed by atoms with van der Waals surface area (Å²) in [6, 6.07) is 17.4. The van der Waals surface area contributed by atoms with Gasteiger partial charge in [-0.25, -0.2) is 0 Å². The number of rotatable bonds is 6. The highest BCUT2D eigenvalue weighted by Crippen LogP contribution is 2.38. The molecule has 4 rings (SSSR count). The molecule has 2 aromatic carbocycles. The lowest BCUT2D eigenvalue weighted by atomic mass is 9.75. The van der Waals surface area contributed by atoms with Gasteiger partial charge in [-0.15, -0.1) is 0 Å². The molecule has 144 valence electrons. The first kappa shape index (κ1) is 18.4. The molecule has 0 radical (unpaired) electrons. The van der Waals surface area contributed by atoms with Crippen molar-refractivity contribution < 1.29 is 14.6 Å². The number of aromatic nitrogens is 1. The standard InChI is InChI=1S/C23H24N2O3/c1-15-5-4-7-20(9-15)28-14-22(27)25-23(17-11-19(26)12-17)18-10-16-6-2-3-8-21(16)24-13-18/h2-10,13,17,19,23,26H,11-12,14H2,1H3,(H,25,27)/t17?,19?,23-/m1/s1. The number of aliphatic hydroxyl groups is 1. The predicted octanol–water partition coefficient (Wildman–Crippen LogP) is 3.55. The maximum Gasteiger partial charge on any atom is 0.258 e. The third-order valence-corrected chi connectivity index (χ3v) is 5.27. The lowest BCUT2D eigenvalue weighted by Crippen LogP contribution is -2.42. The SMILES string of the molecule is Cc1cccc(OCC(=O)N[C@@H](c2cnc3ccccc3c2)C2CC(O)C2)c1. The van der Waals surface area contributed by atoms with Crippen LogP contribution in [0.4, 0.5) is 0 Å². The smallest absolute Gasteiger partial charge is 0.258 e. The van der Waals surface area contributed by atoms with Crippen molar-refractivity contribution in [3.05, 3.63) is 71.9 Å². The number of carbonyl (C=O) groups excluding carboxylic acids is 1. The van der Waals surface area contributed by atoms with Crippen LogP contribution in [0.15, 0.2) is 60.8 Å². The lowest BCUT2D eigenvalue weighted by Gasteiger charge is -2.38. The topological polar surface area (TPSA) is 71.5 Å². The van der Waals surface area contributed by atoms with Gasteiger partial charge in [0.25, 0.3) is 5.91 Å². The van der Waals surface area contributed by atoms with E-state index in [0.717, 1.165) is 22.0 Å². The van der Waals surface area contributed by atoms with Crippen molar-refractivity contribution in [3.63, 3.8) is 0 Å². The minimum absolute atomic E-state index is 0.0454. The monoisotopic (exact) mass is 376 g/mol. The van der Waals surface area contributed by atoms with E-state index in [-0.39, 0.29) is 30.6 Å². The first-order valence-corrected chi connectivity index (χ1v) is 9.60. The minimum atomic E-state index is -0.290. The maximum atomic E-state index is 12.6. The average Bonchev–Trinajstić information content (AvgIpc) is 2.68. The Balaban J connectivity index is 1.48. The Morgan fingerprint density at radius 2 is 2.04 bits per heavy atom. The first-order valence-electron chi connectivity index (χ1n) is 9.60. The number of benzene rings is 2. The molecule has 5 heteroatoms. The fourth-order valence-electron chi connectivity index (χ4n) is 3.70. The van der Waals surface area contributed by atoms with Crippen LogP contribution in [-0.2, 0) is 4.79 Å². The Morgan fingerprint density at radius 1 is 1.21 bits per heavy atom. The Hall–Kier alpha value is -2.92. The molecule has 1 fully saturated rings. The number of fused-ring (bicyclic) bond motifs is 1. The normalized spacial score (nSPS) is 19.6. The lowest BCUT2D eigenvalue weighted by molar-refractivity contribution is -0.125. The highest BCUT2D eigenvalue weighted by atomic mass is 16.5. The molecule has 1 amide bonds. The number of para-hydroxylation sites is 1. The highest BCUT2D eigenvalue weighted by Gasteiger charge is 2.36. The van der Waals surface area contributed by atoms with E-state index >= 15 is 0 Å². The third-order valence-electron chi connectivity index (χ3n) is 5.27. The summed E-state index contributed by atoms with van der Waals surface area (Å²) in [6.07, 6.45) is 2.88. The van der Waals surface area contributed by atoms with E-state index in [2.05, 4.69) is 16.4 Å². The van der Waals surface area contributed by atoms with Crippen molar-refractivity contribution >= 4 is 16.8 Å². The number of nitrogens with one attached hydrogen (secondary N) is 1. The second-order valence-electron chi connectivity index (χ2n) is 7.50. The Bertz CT molecular complexity index is 982. The second kappa shape index (κ2) is 7.98. The van der Waals surface area contributed by atoms with E-state index in [9.17, 15) is 9.90 Å². The van der Waals surface area contributed by atoms with Crippen LogP contribution >= 0.6 is 0 Å². The molecule has 0 spiro atoms. The van der Waals surface area contributed by atoms with E-state index in [1.807, 2.05) is 61.7 Å². The van der Waals surface area contributed by atoms with Crippen LogP contribution in [0, 0.1) is 12.8 Å². The first-order chi connectivity index (χ1) is 13.6. The summed E-state index contributed by atoms with van der Waals surface area (Å²) in [5, 5.41) is 13.9. The van der Waals surface area contributed by atoms with Gasteiger partial charge in [0.15, 0.2) is 6.61 Å². The van der Waals surface area contributed by atoms with Gasteiger partial charge < -0.3 is 15.2 Å². The predicted molar refractivity (Wildman–Crippen MR) is 108 cm³/mol. The van der Waals surface area contributed by atoms with Gasteiger partial charge in [0.05, 0.1) is 17.7 Å². The molecule has 0 unspecified atom stereocenters. The number of hydrogen-bond acceptors (Lipinski definition) is 4. The summed E-state index contributed by atoms with van der Waals surface area (Å²) in [5.74, 6) is 0.695. The largest absolute Gasteiger partial charge is 0.484 e. The number of aliphatic hydroxyl groups excluding tert-OH is 1. The number of nitrogens with zero attached hydrogens (tertiary/aromatic N) is 1. The molecule has 0 saturated heterocycles. The van der Waals surface area contributed by atoms with E-state index < -0.39 is 0 Å². The highest BCUT2D eigenvalue weighted by molar-refractivity contribution is 5.80. The summed E-state index contributed by atoms with van der Waals surface area (Å²) in [4.78, 5) is 17.1. The average molecular weight is 376 g/mol. The van der Waals surface area contributed by atoms with E-state index in [0.29, 0.717) is 18.6 Å². The van der Waals surface area contributed by atoms with Crippen LogP contribution in [0.3, 0.4) is 0 Å². The Labute approximate surface area is 164 Å². The number of pyridine rings is 1. The summed E-state index contributed by atoms with van der Waals surface area (Å²) in [7, 11) is 0. The number of amides is 1. The molecule has 2 N–H and O–H groups in total. The molecule has 1 aliphatic rings. The molecule has 0 bridgehead atoms. The second-order valence-corrected chi connectivity index (χ2v) is 7.50. The van der Waals surface area contributed by atoms with Gasteiger partial charge in [0.2, 0.25) is 0 Å². The zero-order valence-electron chi connectivity index (χ0n) is 15.8. The van der Waals surface area contributed by atoms with Crippen LogP contribution in [0.5, 0.6) is 5.75 Å². The maximum absolute atomic E-state index is 12.6. The molecule has 1 heterocycles. The van der Waals surface area contributed by atoms with Gasteiger partial charge in [-0.1, -0.05) is 30.3 Å². The summed E-state index contributed by atoms with van der Waals surface area (Å²) in [5.41, 5.74) is 2.97. The van der Waals surface area contributed by atoms with Gasteiger partial charge >= 0.3 is 0 Å². The minimum Gasteiger partial charge on any atom is -0.484 e. The van der Waals surface area contributed by atoms with Crippen molar-refractivity contribution in [2.45, 2.75) is 31.9 Å². The van der Waals surface area contributed by atoms with Crippen molar-refractivity contribution in [3.8, 4) is 5.75 Å². The van der Waals surface area contributed by atoms with Crippen LogP contribution in [-0.4, -0.2) is 28.7 Å². The molecular formula is C23H24N2O3. The van der Waals surface area contributed by atoms with Gasteiger partial charge in [-0.05, 0) is 61.1 Å². The number of hydrogen-bond donors (Lipinski definition) is 2. The number of ether oxygens (including phenoxy) is 1. The molecule has 1 saturated carbocycles. The van der Waals surface area contributed by atoms with Crippen LogP contribution in [0.1, 0.15) is 30.0 Å². The third kappa shape index (κ3) is 4.15. The molecule has 3 aromatic rings. The zero-order chi connectivity index (χ0) is 19.5. The van der Waals surface area contributed by atoms with Crippen LogP contribution < -0.4 is 10.1 Å². The number of carbonyl (C=O) groups is 1. The Morgan fingerprint density at radius 3 is 2.82 bits per heavy atom. The zero-order valence-corrected chi connectivity index (χ0v) is 15.8. The summed E-state index contributed by atoms with van der Waals surface area (Å²) >= 11 is 0. The molecule has 1 aromatic heterocycles. The Kier molecular flexibility index (Phi) is 5.26. The van der Waals surface area contributed by atoms with Gasteiger partial charge in [0, 0.05) is 11.6 Å².